The van der Waals surface area contributed by atoms with Crippen LogP contribution in [-0.4, -0.2) is 55.0 Å². The van der Waals surface area contributed by atoms with E-state index in [4.69, 9.17) is 0 Å². The van der Waals surface area contributed by atoms with E-state index in [0.29, 0.717) is 30.0 Å². The molecule has 1 aliphatic rings. The molecule has 0 spiro atoms. The highest BCUT2D eigenvalue weighted by Crippen LogP contribution is 2.32. The number of ether oxygens (including phenoxy) is 1. The zero-order valence-electron chi connectivity index (χ0n) is 19.4. The SMILES string of the molecule is COC(=O)c1ccc(C#Cc2ccc(N3CCN(C(=O)c4ccccc4C(F)(F)F)CC3)nc2)cc1. The van der Waals surface area contributed by atoms with Gasteiger partial charge in [-0.1, -0.05) is 24.0 Å². The van der Waals surface area contributed by atoms with Gasteiger partial charge in [0.2, 0.25) is 0 Å². The first-order valence-corrected chi connectivity index (χ1v) is 11.1. The van der Waals surface area contributed by atoms with Crippen LogP contribution in [-0.2, 0) is 10.9 Å². The van der Waals surface area contributed by atoms with Crippen molar-refractivity contribution in [1.29, 1.82) is 0 Å². The molecule has 1 saturated heterocycles. The Kier molecular flexibility index (Phi) is 7.25. The average molecular weight is 493 g/mol. The molecule has 0 unspecified atom stereocenters. The number of pyridine rings is 1. The molecule has 36 heavy (non-hydrogen) atoms. The number of methoxy groups -OCH3 is 1. The molecule has 2 heterocycles. The minimum Gasteiger partial charge on any atom is -0.465 e. The number of aromatic nitrogens is 1. The second kappa shape index (κ2) is 10.5. The summed E-state index contributed by atoms with van der Waals surface area (Å²) in [7, 11) is 1.32. The standard InChI is InChI=1S/C27H22F3N3O3/c1-36-26(35)21-11-8-19(9-12-21)6-7-20-10-13-24(31-18-20)32-14-16-33(17-15-32)25(34)22-4-2-3-5-23(22)27(28,29)30/h2-5,8-13,18H,14-17H2,1H3. The molecule has 1 fully saturated rings. The molecule has 0 N–H and O–H groups in total. The summed E-state index contributed by atoms with van der Waals surface area (Å²) in [5, 5.41) is 0. The van der Waals surface area contributed by atoms with Crippen molar-refractivity contribution in [2.24, 2.45) is 0 Å². The summed E-state index contributed by atoms with van der Waals surface area (Å²) in [5.41, 5.74) is 0.628. The van der Waals surface area contributed by atoms with Crippen LogP contribution in [0.1, 0.15) is 37.4 Å². The van der Waals surface area contributed by atoms with E-state index in [2.05, 4.69) is 21.6 Å². The molecule has 0 aliphatic carbocycles. The number of carbonyl (C=O) groups is 2. The van der Waals surface area contributed by atoms with Crippen molar-refractivity contribution in [2.75, 3.05) is 38.2 Å². The Morgan fingerprint density at radius 2 is 1.53 bits per heavy atom. The van der Waals surface area contributed by atoms with E-state index in [1.807, 2.05) is 17.0 Å². The van der Waals surface area contributed by atoms with Crippen molar-refractivity contribution in [3.63, 3.8) is 0 Å². The number of esters is 1. The molecule has 2 aromatic carbocycles. The molecular weight excluding hydrogens is 471 g/mol. The van der Waals surface area contributed by atoms with Crippen LogP contribution in [0.5, 0.6) is 0 Å². The molecule has 9 heteroatoms. The van der Waals surface area contributed by atoms with Crippen LogP contribution in [0, 0.1) is 11.8 Å². The van der Waals surface area contributed by atoms with Gasteiger partial charge in [-0.25, -0.2) is 9.78 Å². The van der Waals surface area contributed by atoms with Crippen molar-refractivity contribution in [2.45, 2.75) is 6.18 Å². The number of amides is 1. The Bertz CT molecular complexity index is 1300. The maximum atomic E-state index is 13.3. The fraction of sp³-hybridized carbons (Fsp3) is 0.222. The third kappa shape index (κ3) is 5.66. The van der Waals surface area contributed by atoms with Gasteiger partial charge in [-0.05, 0) is 48.5 Å². The lowest BCUT2D eigenvalue weighted by molar-refractivity contribution is -0.138. The van der Waals surface area contributed by atoms with Crippen LogP contribution in [0.25, 0.3) is 0 Å². The van der Waals surface area contributed by atoms with Crippen molar-refractivity contribution >= 4 is 17.7 Å². The Morgan fingerprint density at radius 1 is 0.889 bits per heavy atom. The summed E-state index contributed by atoms with van der Waals surface area (Å²) in [4.78, 5) is 32.1. The van der Waals surface area contributed by atoms with E-state index >= 15 is 0 Å². The molecule has 6 nitrogen and oxygen atoms in total. The second-order valence-corrected chi connectivity index (χ2v) is 8.05. The number of benzene rings is 2. The molecule has 1 amide bonds. The number of hydrogen-bond acceptors (Lipinski definition) is 5. The van der Waals surface area contributed by atoms with Gasteiger partial charge in [0.1, 0.15) is 5.82 Å². The first-order valence-electron chi connectivity index (χ1n) is 11.1. The Labute approximate surface area is 206 Å². The van der Waals surface area contributed by atoms with Gasteiger partial charge in [0, 0.05) is 43.5 Å². The molecule has 0 saturated carbocycles. The molecular formula is C27H22F3N3O3. The highest BCUT2D eigenvalue weighted by Gasteiger charge is 2.36. The number of nitrogens with zero attached hydrogens (tertiary/aromatic N) is 3. The van der Waals surface area contributed by atoms with Crippen LogP contribution >= 0.6 is 0 Å². The number of rotatable bonds is 3. The maximum absolute atomic E-state index is 13.3. The molecule has 0 bridgehead atoms. The Balaban J connectivity index is 1.37. The number of anilines is 1. The molecule has 3 aromatic rings. The van der Waals surface area contributed by atoms with Gasteiger partial charge in [-0.15, -0.1) is 0 Å². The molecule has 0 radical (unpaired) electrons. The van der Waals surface area contributed by atoms with Gasteiger partial charge >= 0.3 is 12.1 Å². The fourth-order valence-corrected chi connectivity index (χ4v) is 3.82. The van der Waals surface area contributed by atoms with Crippen molar-refractivity contribution in [3.05, 3.63) is 94.7 Å². The smallest absolute Gasteiger partial charge is 0.417 e. The van der Waals surface area contributed by atoms with Gasteiger partial charge in [0.15, 0.2) is 0 Å². The molecule has 1 aliphatic heterocycles. The zero-order chi connectivity index (χ0) is 25.7. The largest absolute Gasteiger partial charge is 0.465 e. The molecule has 1 aromatic heterocycles. The lowest BCUT2D eigenvalue weighted by Crippen LogP contribution is -2.49. The third-order valence-electron chi connectivity index (χ3n) is 5.76. The molecule has 0 atom stereocenters. The summed E-state index contributed by atoms with van der Waals surface area (Å²) in [6.45, 7) is 1.47. The highest BCUT2D eigenvalue weighted by atomic mass is 19.4. The predicted molar refractivity (Wildman–Crippen MR) is 128 cm³/mol. The van der Waals surface area contributed by atoms with Gasteiger partial charge in [-0.2, -0.15) is 13.2 Å². The quantitative estimate of drug-likeness (QED) is 0.403. The van der Waals surface area contributed by atoms with Gasteiger partial charge < -0.3 is 14.5 Å². The Hall–Kier alpha value is -4.32. The average Bonchev–Trinajstić information content (AvgIpc) is 2.91. The van der Waals surface area contributed by atoms with Crippen LogP contribution < -0.4 is 4.90 Å². The summed E-state index contributed by atoms with van der Waals surface area (Å²) in [6, 6.07) is 15.2. The van der Waals surface area contributed by atoms with Crippen LogP contribution in [0.2, 0.25) is 0 Å². The highest BCUT2D eigenvalue weighted by molar-refractivity contribution is 5.96. The van der Waals surface area contributed by atoms with Crippen LogP contribution in [0.15, 0.2) is 66.9 Å². The minimum atomic E-state index is -4.59. The fourth-order valence-electron chi connectivity index (χ4n) is 3.82. The van der Waals surface area contributed by atoms with E-state index < -0.39 is 23.6 Å². The number of piperazine rings is 1. The summed E-state index contributed by atoms with van der Waals surface area (Å²) in [6.07, 6.45) is -2.95. The van der Waals surface area contributed by atoms with Crippen molar-refractivity contribution in [1.82, 2.24) is 9.88 Å². The van der Waals surface area contributed by atoms with Gasteiger partial charge in [-0.3, -0.25) is 4.79 Å². The van der Waals surface area contributed by atoms with Crippen LogP contribution in [0.4, 0.5) is 19.0 Å². The second-order valence-electron chi connectivity index (χ2n) is 8.05. The van der Waals surface area contributed by atoms with E-state index in [0.717, 1.165) is 11.6 Å². The monoisotopic (exact) mass is 493 g/mol. The number of alkyl halides is 3. The van der Waals surface area contributed by atoms with Crippen molar-refractivity contribution in [3.8, 4) is 11.8 Å². The summed E-state index contributed by atoms with van der Waals surface area (Å²) >= 11 is 0. The van der Waals surface area contributed by atoms with Gasteiger partial charge in [0.25, 0.3) is 5.91 Å². The zero-order valence-corrected chi connectivity index (χ0v) is 19.4. The van der Waals surface area contributed by atoms with E-state index in [1.54, 1.807) is 30.5 Å². The Morgan fingerprint density at radius 3 is 2.14 bits per heavy atom. The lowest BCUT2D eigenvalue weighted by atomic mass is 10.1. The first kappa shape index (κ1) is 24.8. The summed E-state index contributed by atoms with van der Waals surface area (Å²) < 4.78 is 44.5. The first-order chi connectivity index (χ1) is 17.3. The normalized spacial score (nSPS) is 13.6. The number of carbonyl (C=O) groups excluding carboxylic acids is 2. The van der Waals surface area contributed by atoms with Crippen molar-refractivity contribution < 1.29 is 27.5 Å². The van der Waals surface area contributed by atoms with E-state index in [1.165, 1.54) is 30.2 Å². The minimum absolute atomic E-state index is 0.288. The maximum Gasteiger partial charge on any atom is 0.417 e. The number of hydrogen-bond donors (Lipinski definition) is 0. The van der Waals surface area contributed by atoms with Gasteiger partial charge in [0.05, 0.1) is 23.8 Å². The van der Waals surface area contributed by atoms with Crippen LogP contribution in [0.3, 0.4) is 0 Å². The molecule has 4 rings (SSSR count). The summed E-state index contributed by atoms with van der Waals surface area (Å²) in [5.74, 6) is 5.70. The van der Waals surface area contributed by atoms with E-state index in [-0.39, 0.29) is 18.7 Å². The predicted octanol–water partition coefficient (Wildman–Crippen LogP) is 4.25. The van der Waals surface area contributed by atoms with E-state index in [9.17, 15) is 22.8 Å². The molecule has 184 valence electrons. The number of halogens is 3. The lowest BCUT2D eigenvalue weighted by Gasteiger charge is -2.35. The topological polar surface area (TPSA) is 62.7 Å². The third-order valence-corrected chi connectivity index (χ3v) is 5.76.